The monoisotopic (exact) mass is 265 g/mol. The van der Waals surface area contributed by atoms with Crippen LogP contribution in [-0.2, 0) is 4.79 Å². The third kappa shape index (κ3) is 3.10. The fourth-order valence-electron chi connectivity index (χ4n) is 2.42. The molecule has 18 heavy (non-hydrogen) atoms. The van der Waals surface area contributed by atoms with E-state index in [0.717, 1.165) is 25.7 Å². The number of hydrogen-bond acceptors (Lipinski definition) is 2. The van der Waals surface area contributed by atoms with Gasteiger partial charge in [-0.3, -0.25) is 9.59 Å². The largest absolute Gasteiger partial charge is 0.349 e. The summed E-state index contributed by atoms with van der Waals surface area (Å²) in [6.07, 6.45) is 3.62. The molecule has 0 radical (unpaired) electrons. The second kappa shape index (κ2) is 6.01. The first-order valence-electron chi connectivity index (χ1n) is 6.24. The molecule has 2 unspecified atom stereocenters. The van der Waals surface area contributed by atoms with E-state index in [-0.39, 0.29) is 23.1 Å². The van der Waals surface area contributed by atoms with Crippen molar-refractivity contribution in [3.63, 3.8) is 0 Å². The normalized spacial score (nSPS) is 23.4. The van der Waals surface area contributed by atoms with E-state index in [0.29, 0.717) is 5.56 Å². The lowest BCUT2D eigenvalue weighted by molar-refractivity contribution is -0.116. The molecule has 0 heterocycles. The number of amides is 1. The molecule has 0 aromatic heterocycles. The SMILES string of the molecule is O=C(NC1CCCCC1C(=O)Cl)c1ccccc1. The molecule has 0 aliphatic heterocycles. The Balaban J connectivity index is 2.03. The minimum Gasteiger partial charge on any atom is -0.349 e. The van der Waals surface area contributed by atoms with Gasteiger partial charge in [-0.1, -0.05) is 31.0 Å². The zero-order chi connectivity index (χ0) is 13.0. The lowest BCUT2D eigenvalue weighted by atomic mass is 9.85. The predicted molar refractivity (Wildman–Crippen MR) is 70.5 cm³/mol. The van der Waals surface area contributed by atoms with Gasteiger partial charge >= 0.3 is 0 Å². The Labute approximate surface area is 112 Å². The van der Waals surface area contributed by atoms with Crippen LogP contribution in [0.15, 0.2) is 30.3 Å². The van der Waals surface area contributed by atoms with E-state index in [4.69, 9.17) is 11.6 Å². The maximum atomic E-state index is 12.0. The van der Waals surface area contributed by atoms with Crippen molar-refractivity contribution in [1.29, 1.82) is 0 Å². The summed E-state index contributed by atoms with van der Waals surface area (Å²) in [4.78, 5) is 23.4. The van der Waals surface area contributed by atoms with Crippen molar-refractivity contribution >= 4 is 22.8 Å². The van der Waals surface area contributed by atoms with Crippen molar-refractivity contribution in [3.8, 4) is 0 Å². The first-order chi connectivity index (χ1) is 8.68. The lowest BCUT2D eigenvalue weighted by Gasteiger charge is -2.29. The molecule has 4 heteroatoms. The molecule has 96 valence electrons. The maximum absolute atomic E-state index is 12.0. The van der Waals surface area contributed by atoms with E-state index in [2.05, 4.69) is 5.32 Å². The van der Waals surface area contributed by atoms with Gasteiger partial charge in [0.05, 0.1) is 5.92 Å². The zero-order valence-electron chi connectivity index (χ0n) is 10.1. The van der Waals surface area contributed by atoms with Crippen LogP contribution >= 0.6 is 11.6 Å². The van der Waals surface area contributed by atoms with Crippen LogP contribution in [0.3, 0.4) is 0 Å². The summed E-state index contributed by atoms with van der Waals surface area (Å²) in [6, 6.07) is 8.89. The molecule has 0 saturated heterocycles. The first kappa shape index (κ1) is 13.1. The Morgan fingerprint density at radius 3 is 2.44 bits per heavy atom. The number of nitrogens with one attached hydrogen (secondary N) is 1. The summed E-state index contributed by atoms with van der Waals surface area (Å²) < 4.78 is 0. The van der Waals surface area contributed by atoms with Crippen LogP contribution in [0.5, 0.6) is 0 Å². The standard InChI is InChI=1S/C14H16ClNO2/c15-13(17)11-8-4-5-9-12(11)16-14(18)10-6-2-1-3-7-10/h1-3,6-7,11-12H,4-5,8-9H2,(H,16,18). The van der Waals surface area contributed by atoms with Crippen molar-refractivity contribution in [2.45, 2.75) is 31.7 Å². The van der Waals surface area contributed by atoms with Gasteiger partial charge in [0.15, 0.2) is 0 Å². The number of rotatable bonds is 3. The third-order valence-corrected chi connectivity index (χ3v) is 3.69. The zero-order valence-corrected chi connectivity index (χ0v) is 10.8. The predicted octanol–water partition coefficient (Wildman–Crippen LogP) is 2.74. The molecule has 1 amide bonds. The molecule has 0 bridgehead atoms. The molecule has 0 spiro atoms. The second-order valence-corrected chi connectivity index (χ2v) is 5.01. The van der Waals surface area contributed by atoms with Crippen LogP contribution in [0.1, 0.15) is 36.0 Å². The summed E-state index contributed by atoms with van der Waals surface area (Å²) in [6.45, 7) is 0. The average Bonchev–Trinajstić information content (AvgIpc) is 2.40. The van der Waals surface area contributed by atoms with E-state index >= 15 is 0 Å². The van der Waals surface area contributed by atoms with E-state index in [1.807, 2.05) is 18.2 Å². The number of carbonyl (C=O) groups is 2. The number of halogens is 1. The van der Waals surface area contributed by atoms with Gasteiger partial charge in [0.2, 0.25) is 5.24 Å². The molecule has 2 rings (SSSR count). The quantitative estimate of drug-likeness (QED) is 0.854. The topological polar surface area (TPSA) is 46.2 Å². The summed E-state index contributed by atoms with van der Waals surface area (Å²) >= 11 is 5.59. The molecular weight excluding hydrogens is 250 g/mol. The maximum Gasteiger partial charge on any atom is 0.251 e. The van der Waals surface area contributed by atoms with Crippen molar-refractivity contribution in [1.82, 2.24) is 5.32 Å². The van der Waals surface area contributed by atoms with Gasteiger partial charge in [-0.05, 0) is 36.6 Å². The summed E-state index contributed by atoms with van der Waals surface area (Å²) in [7, 11) is 0. The number of benzene rings is 1. The second-order valence-electron chi connectivity index (χ2n) is 4.64. The summed E-state index contributed by atoms with van der Waals surface area (Å²) in [5.41, 5.74) is 0.615. The van der Waals surface area contributed by atoms with Gasteiger partial charge in [0.25, 0.3) is 5.91 Å². The van der Waals surface area contributed by atoms with Crippen molar-refractivity contribution < 1.29 is 9.59 Å². The molecule has 1 N–H and O–H groups in total. The van der Waals surface area contributed by atoms with Gasteiger partial charge in [-0.15, -0.1) is 0 Å². The molecule has 1 aromatic carbocycles. The molecule has 1 fully saturated rings. The van der Waals surface area contributed by atoms with E-state index in [9.17, 15) is 9.59 Å². The van der Waals surface area contributed by atoms with Gasteiger partial charge in [-0.25, -0.2) is 0 Å². The Bertz CT molecular complexity index is 433. The van der Waals surface area contributed by atoms with Crippen molar-refractivity contribution in [2.24, 2.45) is 5.92 Å². The molecule has 2 atom stereocenters. The Morgan fingerprint density at radius 2 is 1.78 bits per heavy atom. The van der Waals surface area contributed by atoms with Crippen LogP contribution < -0.4 is 5.32 Å². The van der Waals surface area contributed by atoms with Crippen LogP contribution in [0.4, 0.5) is 0 Å². The molecular formula is C14H16ClNO2. The van der Waals surface area contributed by atoms with Gasteiger partial charge in [0, 0.05) is 11.6 Å². The average molecular weight is 266 g/mol. The summed E-state index contributed by atoms with van der Waals surface area (Å²) in [5.74, 6) is -0.376. The van der Waals surface area contributed by atoms with Crippen LogP contribution in [0, 0.1) is 5.92 Å². The van der Waals surface area contributed by atoms with Gasteiger partial charge in [0.1, 0.15) is 0 Å². The highest BCUT2D eigenvalue weighted by Gasteiger charge is 2.31. The third-order valence-electron chi connectivity index (χ3n) is 3.41. The fraction of sp³-hybridized carbons (Fsp3) is 0.429. The molecule has 1 aromatic rings. The fourth-order valence-corrected chi connectivity index (χ4v) is 2.68. The number of carbonyl (C=O) groups excluding carboxylic acids is 2. The molecule has 1 aliphatic rings. The van der Waals surface area contributed by atoms with E-state index in [1.54, 1.807) is 12.1 Å². The van der Waals surface area contributed by atoms with Crippen molar-refractivity contribution in [2.75, 3.05) is 0 Å². The number of hydrogen-bond donors (Lipinski definition) is 1. The van der Waals surface area contributed by atoms with Crippen LogP contribution in [0.25, 0.3) is 0 Å². The van der Waals surface area contributed by atoms with E-state index < -0.39 is 0 Å². The van der Waals surface area contributed by atoms with Crippen LogP contribution in [-0.4, -0.2) is 17.2 Å². The van der Waals surface area contributed by atoms with Gasteiger partial charge in [-0.2, -0.15) is 0 Å². The van der Waals surface area contributed by atoms with Crippen LogP contribution in [0.2, 0.25) is 0 Å². The molecule has 1 aliphatic carbocycles. The summed E-state index contributed by atoms with van der Waals surface area (Å²) in [5, 5.41) is 2.58. The first-order valence-corrected chi connectivity index (χ1v) is 6.61. The molecule has 3 nitrogen and oxygen atoms in total. The smallest absolute Gasteiger partial charge is 0.251 e. The Kier molecular flexibility index (Phi) is 4.37. The molecule has 1 saturated carbocycles. The highest BCUT2D eigenvalue weighted by molar-refractivity contribution is 6.64. The highest BCUT2D eigenvalue weighted by atomic mass is 35.5. The Hall–Kier alpha value is -1.35. The minimum atomic E-state index is -0.340. The highest BCUT2D eigenvalue weighted by Crippen LogP contribution is 2.26. The van der Waals surface area contributed by atoms with Crippen molar-refractivity contribution in [3.05, 3.63) is 35.9 Å². The lowest BCUT2D eigenvalue weighted by Crippen LogP contribution is -2.44. The minimum absolute atomic E-state index is 0.128. The van der Waals surface area contributed by atoms with Gasteiger partial charge < -0.3 is 5.32 Å². The Morgan fingerprint density at radius 1 is 1.11 bits per heavy atom. The van der Waals surface area contributed by atoms with E-state index in [1.165, 1.54) is 0 Å².